The zero-order valence-electron chi connectivity index (χ0n) is 16.3. The molecule has 4 fully saturated rings. The zero-order chi connectivity index (χ0) is 18.8. The van der Waals surface area contributed by atoms with Crippen LogP contribution in [0.4, 0.5) is 0 Å². The first-order valence-electron chi connectivity index (χ1n) is 9.65. The second-order valence-corrected chi connectivity index (χ2v) is 9.66. The predicted octanol–water partition coefficient (Wildman–Crippen LogP) is 4.65. The van der Waals surface area contributed by atoms with Crippen LogP contribution in [-0.2, 0) is 10.2 Å². The molecule has 1 aromatic rings. The predicted molar refractivity (Wildman–Crippen MR) is 98.4 cm³/mol. The highest BCUT2D eigenvalue weighted by molar-refractivity contribution is 5.89. The van der Waals surface area contributed by atoms with Crippen molar-refractivity contribution in [1.82, 2.24) is 4.98 Å². The third kappa shape index (κ3) is 1.95. The van der Waals surface area contributed by atoms with E-state index in [0.717, 1.165) is 25.0 Å². The lowest BCUT2D eigenvalue weighted by Gasteiger charge is -2.78. The van der Waals surface area contributed by atoms with E-state index in [1.165, 1.54) is 20.0 Å². The molecule has 4 aliphatic carbocycles. The van der Waals surface area contributed by atoms with Gasteiger partial charge in [0.2, 0.25) is 0 Å². The van der Waals surface area contributed by atoms with Gasteiger partial charge < -0.3 is 4.74 Å². The molecule has 5 rings (SSSR count). The summed E-state index contributed by atoms with van der Waals surface area (Å²) in [5, 5.41) is 9.20. The largest absolute Gasteiger partial charge is 0.465 e. The standard InChI is InChI=1S/C22H28N2O2/c1-19(2)16(6-9-23)5-8-20(19,3)22-12-21(13-22,14-22)17-11-15(7-10-24-17)18(25)26-4/h7,10-11,16H,5-6,8,12-14H2,1-4H3. The lowest BCUT2D eigenvalue weighted by molar-refractivity contribution is -0.251. The SMILES string of the molecule is COC(=O)c1ccnc(C23CC(C4(C)CCC(CC#N)C4(C)C)(C2)C3)c1. The minimum absolute atomic E-state index is 0.149. The van der Waals surface area contributed by atoms with Crippen molar-refractivity contribution in [3.63, 3.8) is 0 Å². The number of hydrogen-bond donors (Lipinski definition) is 0. The quantitative estimate of drug-likeness (QED) is 0.740. The van der Waals surface area contributed by atoms with Crippen LogP contribution < -0.4 is 0 Å². The second-order valence-electron chi connectivity index (χ2n) is 9.66. The van der Waals surface area contributed by atoms with Gasteiger partial charge in [-0.05, 0) is 66.4 Å². The Bertz CT molecular complexity index is 787. The number of ether oxygens (including phenoxy) is 1. The van der Waals surface area contributed by atoms with E-state index in [1.54, 1.807) is 12.3 Å². The van der Waals surface area contributed by atoms with Gasteiger partial charge in [0.15, 0.2) is 0 Å². The van der Waals surface area contributed by atoms with Gasteiger partial charge in [0, 0.05) is 23.7 Å². The maximum Gasteiger partial charge on any atom is 0.337 e. The number of rotatable bonds is 4. The first kappa shape index (κ1) is 17.5. The number of nitrogens with zero attached hydrogens (tertiary/aromatic N) is 2. The number of carbonyl (C=O) groups is 1. The van der Waals surface area contributed by atoms with Crippen molar-refractivity contribution >= 4 is 5.97 Å². The van der Waals surface area contributed by atoms with Gasteiger partial charge in [-0.3, -0.25) is 4.98 Å². The minimum Gasteiger partial charge on any atom is -0.465 e. The molecule has 2 bridgehead atoms. The van der Waals surface area contributed by atoms with Crippen LogP contribution in [0.1, 0.15) is 75.3 Å². The van der Waals surface area contributed by atoms with Gasteiger partial charge in [-0.1, -0.05) is 20.8 Å². The summed E-state index contributed by atoms with van der Waals surface area (Å²) in [7, 11) is 1.42. The first-order valence-corrected chi connectivity index (χ1v) is 9.65. The molecular weight excluding hydrogens is 324 g/mol. The lowest BCUT2D eigenvalue weighted by Crippen LogP contribution is -2.72. The second kappa shape index (κ2) is 5.31. The number of carbonyl (C=O) groups excluding carboxylic acids is 1. The summed E-state index contributed by atoms with van der Waals surface area (Å²) in [6.45, 7) is 7.22. The van der Waals surface area contributed by atoms with Crippen LogP contribution in [0.5, 0.6) is 0 Å². The highest BCUT2D eigenvalue weighted by atomic mass is 16.5. The van der Waals surface area contributed by atoms with Gasteiger partial charge >= 0.3 is 5.97 Å². The number of hydrogen-bond acceptors (Lipinski definition) is 4. The van der Waals surface area contributed by atoms with Gasteiger partial charge in [-0.25, -0.2) is 4.79 Å². The molecule has 0 spiro atoms. The van der Waals surface area contributed by atoms with Crippen LogP contribution in [0, 0.1) is 33.5 Å². The third-order valence-corrected chi connectivity index (χ3v) is 8.70. The lowest BCUT2D eigenvalue weighted by atomic mass is 9.26. The molecule has 4 heteroatoms. The Balaban J connectivity index is 1.56. The summed E-state index contributed by atoms with van der Waals surface area (Å²) >= 11 is 0. The summed E-state index contributed by atoms with van der Waals surface area (Å²) in [6, 6.07) is 6.06. The van der Waals surface area contributed by atoms with Crippen molar-refractivity contribution in [3.05, 3.63) is 29.6 Å². The van der Waals surface area contributed by atoms with Crippen LogP contribution in [0.15, 0.2) is 18.3 Å². The molecule has 4 aliphatic rings. The molecule has 0 radical (unpaired) electrons. The molecule has 0 saturated heterocycles. The zero-order valence-corrected chi connectivity index (χ0v) is 16.3. The molecule has 0 N–H and O–H groups in total. The molecule has 0 aliphatic heterocycles. The van der Waals surface area contributed by atoms with E-state index in [-0.39, 0.29) is 22.2 Å². The Kier molecular flexibility index (Phi) is 3.58. The fraction of sp³-hybridized carbons (Fsp3) is 0.682. The molecule has 26 heavy (non-hydrogen) atoms. The van der Waals surface area contributed by atoms with E-state index >= 15 is 0 Å². The molecular formula is C22H28N2O2. The Morgan fingerprint density at radius 3 is 2.65 bits per heavy atom. The average molecular weight is 352 g/mol. The Morgan fingerprint density at radius 2 is 2.04 bits per heavy atom. The van der Waals surface area contributed by atoms with E-state index < -0.39 is 0 Å². The van der Waals surface area contributed by atoms with Crippen molar-refractivity contribution in [3.8, 4) is 6.07 Å². The monoisotopic (exact) mass is 352 g/mol. The van der Waals surface area contributed by atoms with Gasteiger partial charge in [-0.15, -0.1) is 0 Å². The van der Waals surface area contributed by atoms with Crippen molar-refractivity contribution in [1.29, 1.82) is 5.26 Å². The molecule has 4 saturated carbocycles. The van der Waals surface area contributed by atoms with Crippen LogP contribution >= 0.6 is 0 Å². The molecule has 0 amide bonds. The van der Waals surface area contributed by atoms with Crippen LogP contribution in [0.2, 0.25) is 0 Å². The van der Waals surface area contributed by atoms with E-state index in [0.29, 0.717) is 23.3 Å². The summed E-state index contributed by atoms with van der Waals surface area (Å²) < 4.78 is 4.85. The smallest absolute Gasteiger partial charge is 0.337 e. The molecule has 1 heterocycles. The first-order chi connectivity index (χ1) is 12.2. The Morgan fingerprint density at radius 1 is 1.35 bits per heavy atom. The molecule has 0 aromatic carbocycles. The maximum absolute atomic E-state index is 11.8. The Hall–Kier alpha value is -1.89. The van der Waals surface area contributed by atoms with Gasteiger partial charge in [0.1, 0.15) is 0 Å². The molecule has 1 aromatic heterocycles. The molecule has 138 valence electrons. The molecule has 4 nitrogen and oxygen atoms in total. The normalized spacial score (nSPS) is 39.4. The average Bonchev–Trinajstić information content (AvgIpc) is 2.76. The van der Waals surface area contributed by atoms with Crippen molar-refractivity contribution in [2.45, 2.75) is 64.7 Å². The van der Waals surface area contributed by atoms with Gasteiger partial charge in [0.05, 0.1) is 18.7 Å². The number of pyridine rings is 1. The van der Waals surface area contributed by atoms with E-state index in [1.807, 2.05) is 6.07 Å². The van der Waals surface area contributed by atoms with Gasteiger partial charge in [-0.2, -0.15) is 5.26 Å². The van der Waals surface area contributed by atoms with Crippen molar-refractivity contribution in [2.75, 3.05) is 7.11 Å². The van der Waals surface area contributed by atoms with Gasteiger partial charge in [0.25, 0.3) is 0 Å². The van der Waals surface area contributed by atoms with Crippen molar-refractivity contribution in [2.24, 2.45) is 22.2 Å². The topological polar surface area (TPSA) is 63.0 Å². The summed E-state index contributed by atoms with van der Waals surface area (Å²) in [4.78, 5) is 16.4. The minimum atomic E-state index is -0.293. The van der Waals surface area contributed by atoms with E-state index in [2.05, 4.69) is 31.8 Å². The summed E-state index contributed by atoms with van der Waals surface area (Å²) in [5.74, 6) is 0.210. The number of nitriles is 1. The summed E-state index contributed by atoms with van der Waals surface area (Å²) in [6.07, 6.45) is 8.29. The highest BCUT2D eigenvalue weighted by Gasteiger charge is 2.78. The Labute approximate surface area is 156 Å². The number of esters is 1. The summed E-state index contributed by atoms with van der Waals surface area (Å²) in [5.41, 5.74) is 2.65. The molecule has 2 atom stereocenters. The molecule has 2 unspecified atom stereocenters. The van der Waals surface area contributed by atoms with Crippen LogP contribution in [0.3, 0.4) is 0 Å². The fourth-order valence-electron chi connectivity index (χ4n) is 6.62. The number of methoxy groups -OCH3 is 1. The fourth-order valence-corrected chi connectivity index (χ4v) is 6.62. The van der Waals surface area contributed by atoms with Crippen LogP contribution in [0.25, 0.3) is 0 Å². The van der Waals surface area contributed by atoms with E-state index in [4.69, 9.17) is 4.74 Å². The highest BCUT2D eigenvalue weighted by Crippen LogP contribution is 2.84. The number of aromatic nitrogens is 1. The maximum atomic E-state index is 11.8. The van der Waals surface area contributed by atoms with Crippen LogP contribution in [-0.4, -0.2) is 18.1 Å². The van der Waals surface area contributed by atoms with Crippen molar-refractivity contribution < 1.29 is 9.53 Å². The third-order valence-electron chi connectivity index (χ3n) is 8.70. The van der Waals surface area contributed by atoms with E-state index in [9.17, 15) is 10.1 Å².